The minimum atomic E-state index is -3.71. The normalized spacial score (nSPS) is 12.5. The van der Waals surface area contributed by atoms with Crippen molar-refractivity contribution in [3.8, 4) is 5.75 Å². The van der Waals surface area contributed by atoms with Gasteiger partial charge < -0.3 is 10.1 Å². The van der Waals surface area contributed by atoms with Gasteiger partial charge in [0.2, 0.25) is 10.0 Å². The van der Waals surface area contributed by atoms with E-state index in [1.807, 2.05) is 0 Å². The summed E-state index contributed by atoms with van der Waals surface area (Å²) in [5.41, 5.74) is -1.45. The first-order valence-electron chi connectivity index (χ1n) is 8.69. The standard InChI is InChI=1S/C20H25ClN2O4S/c1-19(2,3)23-28(25,26)17-8-6-7-15(13-17)22-18(24)20(4,5)27-16-11-9-14(21)10-12-16/h6-13,23H,1-5H3,(H,22,24). The Kier molecular flexibility index (Phi) is 6.43. The van der Waals surface area contributed by atoms with E-state index in [-0.39, 0.29) is 4.90 Å². The summed E-state index contributed by atoms with van der Waals surface area (Å²) in [4.78, 5) is 12.7. The lowest BCUT2D eigenvalue weighted by molar-refractivity contribution is -0.128. The van der Waals surface area contributed by atoms with Crippen LogP contribution in [0.15, 0.2) is 53.4 Å². The smallest absolute Gasteiger partial charge is 0.267 e. The third-order valence-electron chi connectivity index (χ3n) is 3.58. The summed E-state index contributed by atoms with van der Waals surface area (Å²) in [6.07, 6.45) is 0. The lowest BCUT2D eigenvalue weighted by Crippen LogP contribution is -2.42. The van der Waals surface area contributed by atoms with E-state index in [0.717, 1.165) is 0 Å². The molecule has 28 heavy (non-hydrogen) atoms. The maximum absolute atomic E-state index is 12.7. The highest BCUT2D eigenvalue weighted by molar-refractivity contribution is 7.89. The second-order valence-corrected chi connectivity index (χ2v) is 10.0. The summed E-state index contributed by atoms with van der Waals surface area (Å²) in [5, 5.41) is 3.27. The molecule has 152 valence electrons. The topological polar surface area (TPSA) is 84.5 Å². The van der Waals surface area contributed by atoms with E-state index in [1.54, 1.807) is 71.0 Å². The number of amides is 1. The van der Waals surface area contributed by atoms with Gasteiger partial charge in [0.05, 0.1) is 4.90 Å². The van der Waals surface area contributed by atoms with E-state index >= 15 is 0 Å². The van der Waals surface area contributed by atoms with Crippen molar-refractivity contribution in [2.24, 2.45) is 0 Å². The average molecular weight is 425 g/mol. The van der Waals surface area contributed by atoms with Crippen molar-refractivity contribution < 1.29 is 17.9 Å². The van der Waals surface area contributed by atoms with E-state index in [2.05, 4.69) is 10.0 Å². The number of hydrogen-bond donors (Lipinski definition) is 2. The molecule has 0 atom stereocenters. The number of benzene rings is 2. The van der Waals surface area contributed by atoms with Crippen molar-refractivity contribution in [3.05, 3.63) is 53.6 Å². The Morgan fingerprint density at radius 1 is 1.00 bits per heavy atom. The quantitative estimate of drug-likeness (QED) is 0.727. The molecule has 2 rings (SSSR count). The van der Waals surface area contributed by atoms with Crippen LogP contribution in [0.2, 0.25) is 5.02 Å². The van der Waals surface area contributed by atoms with E-state index in [1.165, 1.54) is 12.1 Å². The highest BCUT2D eigenvalue weighted by Gasteiger charge is 2.30. The van der Waals surface area contributed by atoms with Gasteiger partial charge in [-0.1, -0.05) is 17.7 Å². The zero-order valence-electron chi connectivity index (χ0n) is 16.5. The maximum atomic E-state index is 12.7. The molecule has 1 amide bonds. The first-order valence-corrected chi connectivity index (χ1v) is 10.5. The monoisotopic (exact) mass is 424 g/mol. The fraction of sp³-hybridized carbons (Fsp3) is 0.350. The van der Waals surface area contributed by atoms with E-state index in [0.29, 0.717) is 16.5 Å². The molecule has 0 saturated heterocycles. The second kappa shape index (κ2) is 8.11. The van der Waals surface area contributed by atoms with Crippen LogP contribution < -0.4 is 14.8 Å². The van der Waals surface area contributed by atoms with Gasteiger partial charge in [0, 0.05) is 16.2 Å². The second-order valence-electron chi connectivity index (χ2n) is 7.90. The van der Waals surface area contributed by atoms with E-state index < -0.39 is 27.1 Å². The summed E-state index contributed by atoms with van der Waals surface area (Å²) in [6.45, 7) is 8.52. The molecule has 0 radical (unpaired) electrons. The fourth-order valence-corrected chi connectivity index (χ4v) is 3.92. The molecule has 0 bridgehead atoms. The van der Waals surface area contributed by atoms with Gasteiger partial charge >= 0.3 is 0 Å². The van der Waals surface area contributed by atoms with Gasteiger partial charge in [-0.3, -0.25) is 4.79 Å². The van der Waals surface area contributed by atoms with Crippen LogP contribution in [0.4, 0.5) is 5.69 Å². The van der Waals surface area contributed by atoms with Crippen molar-refractivity contribution in [1.29, 1.82) is 0 Å². The first-order chi connectivity index (χ1) is 12.8. The number of nitrogens with one attached hydrogen (secondary N) is 2. The number of halogens is 1. The number of ether oxygens (including phenoxy) is 1. The molecule has 0 unspecified atom stereocenters. The minimum Gasteiger partial charge on any atom is -0.478 e. The van der Waals surface area contributed by atoms with Crippen molar-refractivity contribution in [2.45, 2.75) is 50.7 Å². The molecule has 0 aliphatic heterocycles. The summed E-state index contributed by atoms with van der Waals surface area (Å²) < 4.78 is 33.3. The molecule has 0 saturated carbocycles. The predicted molar refractivity (Wildman–Crippen MR) is 111 cm³/mol. The molecule has 0 aliphatic rings. The van der Waals surface area contributed by atoms with Crippen LogP contribution in [-0.2, 0) is 14.8 Å². The number of sulfonamides is 1. The Bertz CT molecular complexity index is 949. The molecular formula is C20H25ClN2O4S. The zero-order valence-corrected chi connectivity index (χ0v) is 18.1. The van der Waals surface area contributed by atoms with Crippen LogP contribution in [0.1, 0.15) is 34.6 Å². The van der Waals surface area contributed by atoms with Crippen LogP contribution in [0.25, 0.3) is 0 Å². The maximum Gasteiger partial charge on any atom is 0.267 e. The fourth-order valence-electron chi connectivity index (χ4n) is 2.33. The third kappa shape index (κ3) is 6.22. The summed E-state index contributed by atoms with van der Waals surface area (Å²) in [5.74, 6) is 0.0797. The van der Waals surface area contributed by atoms with Crippen LogP contribution in [0.3, 0.4) is 0 Å². The third-order valence-corrected chi connectivity index (χ3v) is 5.58. The zero-order chi connectivity index (χ0) is 21.2. The van der Waals surface area contributed by atoms with Gasteiger partial charge in [-0.2, -0.15) is 0 Å². The van der Waals surface area contributed by atoms with Gasteiger partial charge in [0.15, 0.2) is 5.60 Å². The van der Waals surface area contributed by atoms with Gasteiger partial charge in [0.25, 0.3) is 5.91 Å². The van der Waals surface area contributed by atoms with Gasteiger partial charge in [0.1, 0.15) is 5.75 Å². The molecule has 6 nitrogen and oxygen atoms in total. The van der Waals surface area contributed by atoms with Crippen LogP contribution in [0.5, 0.6) is 5.75 Å². The molecule has 0 fully saturated rings. The highest BCUT2D eigenvalue weighted by Crippen LogP contribution is 2.23. The number of rotatable bonds is 6. The van der Waals surface area contributed by atoms with Crippen LogP contribution in [-0.4, -0.2) is 25.5 Å². The molecule has 0 spiro atoms. The van der Waals surface area contributed by atoms with Crippen LogP contribution in [0, 0.1) is 0 Å². The van der Waals surface area contributed by atoms with Crippen molar-refractivity contribution in [1.82, 2.24) is 4.72 Å². The SMILES string of the molecule is CC(C)(C)NS(=O)(=O)c1cccc(NC(=O)C(C)(C)Oc2ccc(Cl)cc2)c1. The lowest BCUT2D eigenvalue weighted by atomic mass is 10.1. The molecule has 0 aliphatic carbocycles. The van der Waals surface area contributed by atoms with Crippen molar-refractivity contribution >= 4 is 33.2 Å². The van der Waals surface area contributed by atoms with Gasteiger partial charge in [-0.15, -0.1) is 0 Å². The highest BCUT2D eigenvalue weighted by atomic mass is 35.5. The van der Waals surface area contributed by atoms with Crippen molar-refractivity contribution in [3.63, 3.8) is 0 Å². The number of anilines is 1. The Morgan fingerprint density at radius 2 is 1.61 bits per heavy atom. The number of hydrogen-bond acceptors (Lipinski definition) is 4. The first kappa shape index (κ1) is 22.2. The Morgan fingerprint density at radius 3 is 2.18 bits per heavy atom. The van der Waals surface area contributed by atoms with Crippen molar-refractivity contribution in [2.75, 3.05) is 5.32 Å². The summed E-state index contributed by atoms with van der Waals surface area (Å²) in [7, 11) is -3.71. The van der Waals surface area contributed by atoms with Gasteiger partial charge in [-0.25, -0.2) is 13.1 Å². The molecule has 2 aromatic carbocycles. The van der Waals surface area contributed by atoms with Crippen LogP contribution >= 0.6 is 11.6 Å². The molecule has 2 aromatic rings. The summed E-state index contributed by atoms with van der Waals surface area (Å²) >= 11 is 5.86. The van der Waals surface area contributed by atoms with Gasteiger partial charge in [-0.05, 0) is 77.1 Å². The predicted octanol–water partition coefficient (Wildman–Crippen LogP) is 4.21. The summed E-state index contributed by atoms with van der Waals surface area (Å²) in [6, 6.07) is 12.7. The molecule has 8 heteroatoms. The largest absolute Gasteiger partial charge is 0.478 e. The Balaban J connectivity index is 2.16. The number of carbonyl (C=O) groups is 1. The van der Waals surface area contributed by atoms with E-state index in [9.17, 15) is 13.2 Å². The Labute approximate surface area is 171 Å². The average Bonchev–Trinajstić information content (AvgIpc) is 2.55. The molecule has 0 aromatic heterocycles. The number of carbonyl (C=O) groups excluding carboxylic acids is 1. The minimum absolute atomic E-state index is 0.0663. The Hall–Kier alpha value is -2.09. The molecular weight excluding hydrogens is 400 g/mol. The molecule has 0 heterocycles. The lowest BCUT2D eigenvalue weighted by Gasteiger charge is -2.25. The van der Waals surface area contributed by atoms with E-state index in [4.69, 9.17) is 16.3 Å². The molecule has 2 N–H and O–H groups in total.